The third-order valence-corrected chi connectivity index (χ3v) is 10.4. The van der Waals surface area contributed by atoms with E-state index in [1.54, 1.807) is 0 Å². The molecule has 0 aliphatic heterocycles. The van der Waals surface area contributed by atoms with Crippen LogP contribution in [-0.4, -0.2) is 34.1 Å². The van der Waals surface area contributed by atoms with Crippen molar-refractivity contribution in [3.8, 4) is 0 Å². The Morgan fingerprint density at radius 3 is 2.50 bits per heavy atom. The molecular weight excluding hydrogens is 372 g/mol. The summed E-state index contributed by atoms with van der Waals surface area (Å²) in [5.41, 5.74) is 1.84. The van der Waals surface area contributed by atoms with Gasteiger partial charge in [0.25, 0.3) is 0 Å². The molecule has 4 aliphatic rings. The molecule has 172 valence electrons. The minimum Gasteiger partial charge on any atom is -0.396 e. The topological polar surface area (TPSA) is 60.7 Å². The van der Waals surface area contributed by atoms with Gasteiger partial charge < -0.3 is 15.3 Å². The van der Waals surface area contributed by atoms with Gasteiger partial charge >= 0.3 is 0 Å². The van der Waals surface area contributed by atoms with Gasteiger partial charge in [0, 0.05) is 6.61 Å². The van der Waals surface area contributed by atoms with E-state index >= 15 is 0 Å². The Balaban J connectivity index is 1.52. The molecule has 0 unspecified atom stereocenters. The van der Waals surface area contributed by atoms with Crippen molar-refractivity contribution in [1.82, 2.24) is 0 Å². The molecule has 0 bridgehead atoms. The number of hydrogen-bond donors (Lipinski definition) is 3. The number of aliphatic hydroxyl groups excluding tert-OH is 3. The molecule has 0 radical (unpaired) electrons. The fourth-order valence-corrected chi connectivity index (χ4v) is 8.71. The van der Waals surface area contributed by atoms with Crippen molar-refractivity contribution in [2.24, 2.45) is 46.3 Å². The predicted octanol–water partition coefficient (Wildman–Crippen LogP) is 5.33. The SMILES string of the molecule is CC(C)CCC[C@@H](CO)[C@H]1CC[C@H]2[C@@H]3CC=C4C[C@H](O)[C@@H](O)C[C@]4(C)[C@H]3CC[C@]12C. The lowest BCUT2D eigenvalue weighted by Crippen LogP contribution is -2.53. The van der Waals surface area contributed by atoms with Gasteiger partial charge in [-0.05, 0) is 97.7 Å². The number of aliphatic hydroxyl groups is 3. The van der Waals surface area contributed by atoms with Gasteiger partial charge in [-0.15, -0.1) is 0 Å². The van der Waals surface area contributed by atoms with Crippen LogP contribution in [0, 0.1) is 46.3 Å². The molecule has 0 aromatic heterocycles. The molecule has 9 atom stereocenters. The summed E-state index contributed by atoms with van der Waals surface area (Å²) in [7, 11) is 0. The van der Waals surface area contributed by atoms with E-state index in [0.717, 1.165) is 24.7 Å². The standard InChI is InChI=1S/C27H46O3/c1-17(2)6-5-7-18(16-28)21-10-11-22-20-9-8-19-14-24(29)25(30)15-27(19,4)23(20)12-13-26(21,22)3/h8,17-18,20-25,28-30H,5-7,9-16H2,1-4H3/t18-,20-,21+,22-,23-,24-,25-,26+,27-/m0/s1. The molecule has 3 nitrogen and oxygen atoms in total. The maximum atomic E-state index is 10.5. The van der Waals surface area contributed by atoms with Gasteiger partial charge in [0.1, 0.15) is 0 Å². The predicted molar refractivity (Wildman–Crippen MR) is 122 cm³/mol. The van der Waals surface area contributed by atoms with Gasteiger partial charge in [-0.2, -0.15) is 0 Å². The third-order valence-electron chi connectivity index (χ3n) is 10.4. The Morgan fingerprint density at radius 2 is 1.80 bits per heavy atom. The summed E-state index contributed by atoms with van der Waals surface area (Å²) in [5.74, 6) is 3.98. The highest BCUT2D eigenvalue weighted by Gasteiger charge is 2.60. The van der Waals surface area contributed by atoms with Gasteiger partial charge in [-0.25, -0.2) is 0 Å². The second kappa shape index (κ2) is 8.52. The van der Waals surface area contributed by atoms with Crippen LogP contribution in [0.3, 0.4) is 0 Å². The summed E-state index contributed by atoms with van der Waals surface area (Å²) in [5, 5.41) is 31.0. The average molecular weight is 419 g/mol. The molecule has 0 spiro atoms. The maximum absolute atomic E-state index is 10.5. The maximum Gasteiger partial charge on any atom is 0.0836 e. The van der Waals surface area contributed by atoms with Crippen LogP contribution in [0.2, 0.25) is 0 Å². The third kappa shape index (κ3) is 3.71. The summed E-state index contributed by atoms with van der Waals surface area (Å²) < 4.78 is 0. The second-order valence-electron chi connectivity index (χ2n) is 12.3. The highest BCUT2D eigenvalue weighted by Crippen LogP contribution is 2.67. The Bertz CT molecular complexity index is 642. The number of allylic oxidation sites excluding steroid dienone is 1. The summed E-state index contributed by atoms with van der Waals surface area (Å²) in [6.07, 6.45) is 12.6. The van der Waals surface area contributed by atoms with Crippen LogP contribution in [0.4, 0.5) is 0 Å². The smallest absolute Gasteiger partial charge is 0.0836 e. The monoisotopic (exact) mass is 418 g/mol. The van der Waals surface area contributed by atoms with Crippen LogP contribution >= 0.6 is 0 Å². The molecule has 0 heterocycles. The molecule has 0 amide bonds. The molecule has 4 rings (SSSR count). The van der Waals surface area contributed by atoms with E-state index in [1.165, 1.54) is 50.5 Å². The number of hydrogen-bond acceptors (Lipinski definition) is 3. The van der Waals surface area contributed by atoms with Crippen molar-refractivity contribution in [3.05, 3.63) is 11.6 Å². The highest BCUT2D eigenvalue weighted by atomic mass is 16.3. The zero-order chi connectivity index (χ0) is 21.7. The summed E-state index contributed by atoms with van der Waals surface area (Å²) in [6.45, 7) is 9.88. The van der Waals surface area contributed by atoms with E-state index in [1.807, 2.05) is 0 Å². The van der Waals surface area contributed by atoms with E-state index in [9.17, 15) is 15.3 Å². The van der Waals surface area contributed by atoms with Gasteiger partial charge in [-0.1, -0.05) is 52.2 Å². The van der Waals surface area contributed by atoms with Crippen LogP contribution in [0.5, 0.6) is 0 Å². The molecular formula is C27H46O3. The molecule has 0 aromatic rings. The van der Waals surface area contributed by atoms with Gasteiger partial charge in [0.05, 0.1) is 12.2 Å². The quantitative estimate of drug-likeness (QED) is 0.511. The summed E-state index contributed by atoms with van der Waals surface area (Å²) in [6, 6.07) is 0. The molecule has 3 N–H and O–H groups in total. The first-order valence-electron chi connectivity index (χ1n) is 12.9. The average Bonchev–Trinajstić information content (AvgIpc) is 3.03. The van der Waals surface area contributed by atoms with E-state index in [-0.39, 0.29) is 5.41 Å². The zero-order valence-electron chi connectivity index (χ0n) is 19.8. The summed E-state index contributed by atoms with van der Waals surface area (Å²) >= 11 is 0. The first kappa shape index (κ1) is 22.8. The first-order valence-corrected chi connectivity index (χ1v) is 12.9. The normalized spacial score (nSPS) is 46.7. The molecule has 3 heteroatoms. The molecule has 0 aromatic carbocycles. The highest BCUT2D eigenvalue weighted by molar-refractivity contribution is 5.26. The zero-order valence-corrected chi connectivity index (χ0v) is 19.8. The molecule has 3 saturated carbocycles. The summed E-state index contributed by atoms with van der Waals surface area (Å²) in [4.78, 5) is 0. The lowest BCUT2D eigenvalue weighted by atomic mass is 9.46. The number of rotatable bonds is 6. The Labute approximate surface area is 184 Å². The van der Waals surface area contributed by atoms with Crippen molar-refractivity contribution < 1.29 is 15.3 Å². The fourth-order valence-electron chi connectivity index (χ4n) is 8.71. The minimum atomic E-state index is -0.582. The largest absolute Gasteiger partial charge is 0.396 e. The Hall–Kier alpha value is -0.380. The van der Waals surface area contributed by atoms with E-state index in [4.69, 9.17) is 0 Å². The van der Waals surface area contributed by atoms with Crippen molar-refractivity contribution in [2.45, 2.75) is 104 Å². The lowest BCUT2D eigenvalue weighted by Gasteiger charge is -2.59. The van der Waals surface area contributed by atoms with Crippen LogP contribution in [0.15, 0.2) is 11.6 Å². The van der Waals surface area contributed by atoms with Crippen molar-refractivity contribution in [3.63, 3.8) is 0 Å². The van der Waals surface area contributed by atoms with Gasteiger partial charge in [0.2, 0.25) is 0 Å². The molecule has 3 fully saturated rings. The first-order chi connectivity index (χ1) is 14.2. The molecule has 30 heavy (non-hydrogen) atoms. The van der Waals surface area contributed by atoms with Crippen LogP contribution in [-0.2, 0) is 0 Å². The minimum absolute atomic E-state index is 0.0641. The lowest BCUT2D eigenvalue weighted by molar-refractivity contribution is -0.0910. The Kier molecular flexibility index (Phi) is 6.48. The van der Waals surface area contributed by atoms with Crippen molar-refractivity contribution in [2.75, 3.05) is 6.61 Å². The van der Waals surface area contributed by atoms with Crippen LogP contribution < -0.4 is 0 Å². The van der Waals surface area contributed by atoms with Gasteiger partial charge in [-0.3, -0.25) is 0 Å². The molecule has 4 aliphatic carbocycles. The van der Waals surface area contributed by atoms with E-state index in [0.29, 0.717) is 42.1 Å². The Morgan fingerprint density at radius 1 is 1.03 bits per heavy atom. The fraction of sp³-hybridized carbons (Fsp3) is 0.926. The van der Waals surface area contributed by atoms with Gasteiger partial charge in [0.15, 0.2) is 0 Å². The van der Waals surface area contributed by atoms with Crippen molar-refractivity contribution >= 4 is 0 Å². The van der Waals surface area contributed by atoms with Crippen LogP contribution in [0.25, 0.3) is 0 Å². The number of fused-ring (bicyclic) bond motifs is 5. The second-order valence-corrected chi connectivity index (χ2v) is 12.3. The van der Waals surface area contributed by atoms with Crippen LogP contribution in [0.1, 0.15) is 91.9 Å². The molecule has 0 saturated heterocycles. The van der Waals surface area contributed by atoms with E-state index in [2.05, 4.69) is 33.8 Å². The van der Waals surface area contributed by atoms with Crippen molar-refractivity contribution in [1.29, 1.82) is 0 Å². The van der Waals surface area contributed by atoms with E-state index < -0.39 is 12.2 Å².